The quantitative estimate of drug-likeness (QED) is 0.456. The summed E-state index contributed by atoms with van der Waals surface area (Å²) in [5.74, 6) is 1.26. The van der Waals surface area contributed by atoms with Crippen molar-refractivity contribution in [2.75, 3.05) is 70.7 Å². The standard InChI is InChI=1S/C24H30N6O3/c1-25-24-27-6-5-21(29-24)18-13-17-3-4-19(32-2)15-20(17)22(14-18)28-16-23(31)26-7-8-30-9-11-33-12-10-30/h3-6,13-15,28H,7-12,16H2,1-2H3,(H,26,31)(H,25,27,29). The molecule has 2 heterocycles. The summed E-state index contributed by atoms with van der Waals surface area (Å²) in [5, 5.41) is 11.3. The Morgan fingerprint density at radius 1 is 1.18 bits per heavy atom. The fourth-order valence-electron chi connectivity index (χ4n) is 3.81. The molecule has 9 nitrogen and oxygen atoms in total. The summed E-state index contributed by atoms with van der Waals surface area (Å²) in [4.78, 5) is 23.5. The summed E-state index contributed by atoms with van der Waals surface area (Å²) in [7, 11) is 3.43. The summed E-state index contributed by atoms with van der Waals surface area (Å²) in [6.45, 7) is 4.94. The van der Waals surface area contributed by atoms with E-state index < -0.39 is 0 Å². The number of nitrogens with one attached hydrogen (secondary N) is 3. The van der Waals surface area contributed by atoms with E-state index in [0.717, 1.165) is 66.3 Å². The molecule has 0 radical (unpaired) electrons. The topological polar surface area (TPSA) is 101 Å². The van der Waals surface area contributed by atoms with Gasteiger partial charge in [0.15, 0.2) is 0 Å². The molecule has 3 N–H and O–H groups in total. The van der Waals surface area contributed by atoms with Gasteiger partial charge in [-0.2, -0.15) is 0 Å². The first-order chi connectivity index (χ1) is 16.2. The Bertz CT molecular complexity index is 1100. The maximum absolute atomic E-state index is 12.5. The van der Waals surface area contributed by atoms with Gasteiger partial charge in [-0.1, -0.05) is 6.07 Å². The van der Waals surface area contributed by atoms with E-state index in [1.807, 2.05) is 30.3 Å². The molecule has 0 aliphatic carbocycles. The molecular weight excluding hydrogens is 420 g/mol. The molecule has 1 saturated heterocycles. The number of hydrogen-bond donors (Lipinski definition) is 3. The number of hydrogen-bond acceptors (Lipinski definition) is 8. The minimum Gasteiger partial charge on any atom is -0.497 e. The van der Waals surface area contributed by atoms with Crippen molar-refractivity contribution in [1.29, 1.82) is 0 Å². The zero-order valence-electron chi connectivity index (χ0n) is 19.1. The highest BCUT2D eigenvalue weighted by Crippen LogP contribution is 2.32. The number of ether oxygens (including phenoxy) is 2. The summed E-state index contributed by atoms with van der Waals surface area (Å²) >= 11 is 0. The van der Waals surface area contributed by atoms with Gasteiger partial charge in [0.2, 0.25) is 11.9 Å². The monoisotopic (exact) mass is 450 g/mol. The second kappa shape index (κ2) is 10.9. The van der Waals surface area contributed by atoms with Gasteiger partial charge >= 0.3 is 0 Å². The maximum atomic E-state index is 12.5. The van der Waals surface area contributed by atoms with Crippen LogP contribution < -0.4 is 20.7 Å². The van der Waals surface area contributed by atoms with E-state index >= 15 is 0 Å². The van der Waals surface area contributed by atoms with Crippen LogP contribution in [-0.4, -0.2) is 80.9 Å². The van der Waals surface area contributed by atoms with E-state index in [4.69, 9.17) is 9.47 Å². The van der Waals surface area contributed by atoms with Crippen molar-refractivity contribution in [2.24, 2.45) is 0 Å². The first-order valence-electron chi connectivity index (χ1n) is 11.1. The van der Waals surface area contributed by atoms with Gasteiger partial charge in [0.25, 0.3) is 0 Å². The van der Waals surface area contributed by atoms with Crippen LogP contribution in [0.25, 0.3) is 22.0 Å². The largest absolute Gasteiger partial charge is 0.497 e. The van der Waals surface area contributed by atoms with Gasteiger partial charge in [0, 0.05) is 56.1 Å². The van der Waals surface area contributed by atoms with Gasteiger partial charge in [-0.25, -0.2) is 9.97 Å². The smallest absolute Gasteiger partial charge is 0.239 e. The van der Waals surface area contributed by atoms with Crippen molar-refractivity contribution in [3.63, 3.8) is 0 Å². The summed E-state index contributed by atoms with van der Waals surface area (Å²) < 4.78 is 10.8. The Kier molecular flexibility index (Phi) is 7.54. The average molecular weight is 451 g/mol. The summed E-state index contributed by atoms with van der Waals surface area (Å²) in [6, 6.07) is 11.8. The molecule has 1 aliphatic heterocycles. The molecule has 2 aromatic carbocycles. The number of rotatable bonds is 9. The van der Waals surface area contributed by atoms with Crippen LogP contribution in [0.5, 0.6) is 5.75 Å². The predicted octanol–water partition coefficient (Wildman–Crippen LogP) is 2.21. The van der Waals surface area contributed by atoms with Crippen LogP contribution >= 0.6 is 0 Å². The van der Waals surface area contributed by atoms with E-state index in [0.29, 0.717) is 12.5 Å². The molecule has 1 aliphatic rings. The van der Waals surface area contributed by atoms with Crippen LogP contribution in [0.1, 0.15) is 0 Å². The molecule has 0 spiro atoms. The predicted molar refractivity (Wildman–Crippen MR) is 130 cm³/mol. The minimum absolute atomic E-state index is 0.0517. The molecule has 33 heavy (non-hydrogen) atoms. The number of nitrogens with zero attached hydrogens (tertiary/aromatic N) is 3. The lowest BCUT2D eigenvalue weighted by Gasteiger charge is -2.26. The molecule has 9 heteroatoms. The number of aromatic nitrogens is 2. The fourth-order valence-corrected chi connectivity index (χ4v) is 3.81. The Labute approximate surface area is 193 Å². The molecule has 3 aromatic rings. The third kappa shape index (κ3) is 5.88. The van der Waals surface area contributed by atoms with Crippen LogP contribution in [0, 0.1) is 0 Å². The molecule has 0 bridgehead atoms. The van der Waals surface area contributed by atoms with Crippen molar-refractivity contribution in [3.05, 3.63) is 42.6 Å². The van der Waals surface area contributed by atoms with Crippen LogP contribution in [0.2, 0.25) is 0 Å². The van der Waals surface area contributed by atoms with E-state index in [1.54, 1.807) is 20.4 Å². The number of fused-ring (bicyclic) bond motifs is 1. The van der Waals surface area contributed by atoms with Gasteiger partial charge in [-0.05, 0) is 35.7 Å². The van der Waals surface area contributed by atoms with E-state index in [-0.39, 0.29) is 12.5 Å². The first kappa shape index (κ1) is 22.8. The highest BCUT2D eigenvalue weighted by molar-refractivity contribution is 5.99. The normalized spacial score (nSPS) is 14.1. The molecule has 174 valence electrons. The lowest BCUT2D eigenvalue weighted by molar-refractivity contribution is -0.119. The van der Waals surface area contributed by atoms with Gasteiger partial charge in [-0.15, -0.1) is 0 Å². The number of amides is 1. The third-order valence-electron chi connectivity index (χ3n) is 5.63. The fraction of sp³-hybridized carbons (Fsp3) is 0.375. The zero-order valence-corrected chi connectivity index (χ0v) is 19.1. The number of methoxy groups -OCH3 is 1. The highest BCUT2D eigenvalue weighted by Gasteiger charge is 2.12. The third-order valence-corrected chi connectivity index (χ3v) is 5.63. The summed E-state index contributed by atoms with van der Waals surface area (Å²) in [5.41, 5.74) is 2.57. The van der Waals surface area contributed by atoms with E-state index in [1.165, 1.54) is 0 Å². The summed E-state index contributed by atoms with van der Waals surface area (Å²) in [6.07, 6.45) is 1.72. The van der Waals surface area contributed by atoms with Crippen LogP contribution in [0.3, 0.4) is 0 Å². The molecule has 1 fully saturated rings. The molecule has 0 unspecified atom stereocenters. The molecule has 4 rings (SSSR count). The number of benzene rings is 2. The van der Waals surface area contributed by atoms with Crippen molar-refractivity contribution in [3.8, 4) is 17.0 Å². The van der Waals surface area contributed by atoms with Crippen LogP contribution in [-0.2, 0) is 9.53 Å². The molecule has 0 atom stereocenters. The van der Waals surface area contributed by atoms with Crippen molar-refractivity contribution in [1.82, 2.24) is 20.2 Å². The molecular formula is C24H30N6O3. The van der Waals surface area contributed by atoms with Crippen LogP contribution in [0.15, 0.2) is 42.6 Å². The second-order valence-electron chi connectivity index (χ2n) is 7.78. The Hall–Kier alpha value is -3.43. The van der Waals surface area contributed by atoms with E-state index in [9.17, 15) is 4.79 Å². The van der Waals surface area contributed by atoms with E-state index in [2.05, 4.69) is 36.9 Å². The number of carbonyl (C=O) groups excluding carboxylic acids is 1. The molecule has 1 amide bonds. The number of morpholine rings is 1. The lowest BCUT2D eigenvalue weighted by atomic mass is 10.0. The van der Waals surface area contributed by atoms with Gasteiger partial charge in [-0.3, -0.25) is 9.69 Å². The second-order valence-corrected chi connectivity index (χ2v) is 7.78. The molecule has 1 aromatic heterocycles. The maximum Gasteiger partial charge on any atom is 0.239 e. The van der Waals surface area contributed by atoms with Crippen molar-refractivity contribution in [2.45, 2.75) is 0 Å². The number of anilines is 2. The highest BCUT2D eigenvalue weighted by atomic mass is 16.5. The SMILES string of the molecule is CNc1nccc(-c2cc(NCC(=O)NCCN3CCOCC3)c3cc(OC)ccc3c2)n1. The van der Waals surface area contributed by atoms with Crippen LogP contribution in [0.4, 0.5) is 11.6 Å². The van der Waals surface area contributed by atoms with Crippen molar-refractivity contribution >= 4 is 28.3 Å². The van der Waals surface area contributed by atoms with Gasteiger partial charge in [0.1, 0.15) is 5.75 Å². The molecule has 0 saturated carbocycles. The lowest BCUT2D eigenvalue weighted by Crippen LogP contribution is -2.42. The average Bonchev–Trinajstić information content (AvgIpc) is 2.87. The van der Waals surface area contributed by atoms with Gasteiger partial charge < -0.3 is 25.4 Å². The first-order valence-corrected chi connectivity index (χ1v) is 11.1. The number of carbonyl (C=O) groups is 1. The Morgan fingerprint density at radius 2 is 2.03 bits per heavy atom. The Morgan fingerprint density at radius 3 is 2.82 bits per heavy atom. The van der Waals surface area contributed by atoms with Gasteiger partial charge in [0.05, 0.1) is 32.6 Å². The zero-order chi connectivity index (χ0) is 23.0. The van der Waals surface area contributed by atoms with Crippen molar-refractivity contribution < 1.29 is 14.3 Å². The Balaban J connectivity index is 1.49. The minimum atomic E-state index is -0.0517.